The quantitative estimate of drug-likeness (QED) is 0.771. The first kappa shape index (κ1) is 18.7. The standard InChI is InChI=1S/C21H26N2O2/c1-16(2)15-19(17-9-5-3-6-10-17)23-20(24)13-14-22-21(25)18-11-7-4-8-12-18/h3-12,16,19H,13-15H2,1-2H3,(H,22,25)(H,23,24). The van der Waals surface area contributed by atoms with Crippen LogP contribution in [0.1, 0.15) is 48.7 Å². The van der Waals surface area contributed by atoms with Gasteiger partial charge in [0.05, 0.1) is 6.04 Å². The highest BCUT2D eigenvalue weighted by molar-refractivity contribution is 5.94. The molecule has 2 rings (SSSR count). The van der Waals surface area contributed by atoms with E-state index in [4.69, 9.17) is 0 Å². The van der Waals surface area contributed by atoms with Crippen molar-refractivity contribution < 1.29 is 9.59 Å². The van der Waals surface area contributed by atoms with Crippen molar-refractivity contribution in [3.63, 3.8) is 0 Å². The molecular weight excluding hydrogens is 312 g/mol. The van der Waals surface area contributed by atoms with E-state index in [0.29, 0.717) is 18.0 Å². The monoisotopic (exact) mass is 338 g/mol. The van der Waals surface area contributed by atoms with Gasteiger partial charge in [-0.05, 0) is 30.0 Å². The molecule has 0 saturated heterocycles. The predicted octanol–water partition coefficient (Wildman–Crippen LogP) is 3.71. The average molecular weight is 338 g/mol. The number of nitrogens with one attached hydrogen (secondary N) is 2. The first-order valence-electron chi connectivity index (χ1n) is 8.74. The van der Waals surface area contributed by atoms with Gasteiger partial charge in [0, 0.05) is 18.5 Å². The minimum atomic E-state index is -0.157. The first-order chi connectivity index (χ1) is 12.1. The second-order valence-electron chi connectivity index (χ2n) is 6.53. The lowest BCUT2D eigenvalue weighted by Gasteiger charge is -2.21. The van der Waals surface area contributed by atoms with Gasteiger partial charge in [-0.3, -0.25) is 9.59 Å². The Labute approximate surface area is 149 Å². The maximum absolute atomic E-state index is 12.3. The Bertz CT molecular complexity index is 669. The van der Waals surface area contributed by atoms with Crippen LogP contribution in [0.25, 0.3) is 0 Å². The Morgan fingerprint density at radius 1 is 0.920 bits per heavy atom. The number of hydrogen-bond acceptors (Lipinski definition) is 2. The first-order valence-corrected chi connectivity index (χ1v) is 8.74. The van der Waals surface area contributed by atoms with Crippen LogP contribution in [-0.2, 0) is 4.79 Å². The molecule has 0 aliphatic heterocycles. The van der Waals surface area contributed by atoms with Crippen molar-refractivity contribution in [3.8, 4) is 0 Å². The summed E-state index contributed by atoms with van der Waals surface area (Å²) in [6.07, 6.45) is 1.14. The fraction of sp³-hybridized carbons (Fsp3) is 0.333. The average Bonchev–Trinajstić information content (AvgIpc) is 2.62. The SMILES string of the molecule is CC(C)CC(NC(=O)CCNC(=O)c1ccccc1)c1ccccc1. The molecule has 25 heavy (non-hydrogen) atoms. The number of carbonyl (C=O) groups is 2. The van der Waals surface area contributed by atoms with E-state index in [1.54, 1.807) is 12.1 Å². The third-order valence-electron chi connectivity index (χ3n) is 3.92. The van der Waals surface area contributed by atoms with Gasteiger partial charge in [-0.15, -0.1) is 0 Å². The summed E-state index contributed by atoms with van der Waals surface area (Å²) >= 11 is 0. The van der Waals surface area contributed by atoms with E-state index in [-0.39, 0.29) is 24.3 Å². The second kappa shape index (κ2) is 9.62. The van der Waals surface area contributed by atoms with Crippen molar-refractivity contribution in [3.05, 3.63) is 71.8 Å². The fourth-order valence-electron chi connectivity index (χ4n) is 2.68. The van der Waals surface area contributed by atoms with Crippen molar-refractivity contribution in [2.75, 3.05) is 6.54 Å². The summed E-state index contributed by atoms with van der Waals surface area (Å²) in [4.78, 5) is 24.2. The van der Waals surface area contributed by atoms with Crippen LogP contribution in [-0.4, -0.2) is 18.4 Å². The van der Waals surface area contributed by atoms with Crippen LogP contribution in [0, 0.1) is 5.92 Å². The molecule has 2 aromatic carbocycles. The van der Waals surface area contributed by atoms with E-state index in [1.165, 1.54) is 0 Å². The zero-order valence-corrected chi connectivity index (χ0v) is 14.9. The summed E-state index contributed by atoms with van der Waals surface area (Å²) in [5, 5.41) is 5.87. The topological polar surface area (TPSA) is 58.2 Å². The molecule has 0 aromatic heterocycles. The minimum absolute atomic E-state index is 0.00137. The Morgan fingerprint density at radius 2 is 1.52 bits per heavy atom. The fourth-order valence-corrected chi connectivity index (χ4v) is 2.68. The van der Waals surface area contributed by atoms with E-state index in [2.05, 4.69) is 24.5 Å². The Morgan fingerprint density at radius 3 is 2.12 bits per heavy atom. The summed E-state index contributed by atoms with van der Waals surface area (Å²) in [5.41, 5.74) is 1.71. The lowest BCUT2D eigenvalue weighted by atomic mass is 9.97. The van der Waals surface area contributed by atoms with Crippen molar-refractivity contribution in [1.29, 1.82) is 0 Å². The summed E-state index contributed by atoms with van der Waals surface area (Å²) in [6.45, 7) is 4.60. The van der Waals surface area contributed by atoms with Crippen LogP contribution >= 0.6 is 0 Å². The summed E-state index contributed by atoms with van der Waals surface area (Å²) < 4.78 is 0. The molecule has 2 amide bonds. The largest absolute Gasteiger partial charge is 0.352 e. The number of hydrogen-bond donors (Lipinski definition) is 2. The Hall–Kier alpha value is -2.62. The Kier molecular flexibility index (Phi) is 7.20. The van der Waals surface area contributed by atoms with Crippen LogP contribution in [0.3, 0.4) is 0 Å². The number of rotatable bonds is 8. The molecule has 0 aliphatic rings. The molecule has 0 fully saturated rings. The van der Waals surface area contributed by atoms with Gasteiger partial charge >= 0.3 is 0 Å². The van der Waals surface area contributed by atoms with E-state index < -0.39 is 0 Å². The highest BCUT2D eigenvalue weighted by Gasteiger charge is 2.16. The van der Waals surface area contributed by atoms with E-state index in [0.717, 1.165) is 12.0 Å². The van der Waals surface area contributed by atoms with Gasteiger partial charge in [-0.25, -0.2) is 0 Å². The molecule has 0 aliphatic carbocycles. The van der Waals surface area contributed by atoms with Gasteiger partial charge < -0.3 is 10.6 Å². The molecule has 0 heterocycles. The van der Waals surface area contributed by atoms with E-state index in [9.17, 15) is 9.59 Å². The molecule has 4 heteroatoms. The van der Waals surface area contributed by atoms with E-state index in [1.807, 2.05) is 48.5 Å². The number of benzene rings is 2. The third-order valence-corrected chi connectivity index (χ3v) is 3.92. The van der Waals surface area contributed by atoms with Gasteiger partial charge in [0.1, 0.15) is 0 Å². The van der Waals surface area contributed by atoms with E-state index >= 15 is 0 Å². The zero-order chi connectivity index (χ0) is 18.1. The molecule has 2 aromatic rings. The van der Waals surface area contributed by atoms with Crippen molar-refractivity contribution in [2.45, 2.75) is 32.7 Å². The summed E-state index contributed by atoms with van der Waals surface area (Å²) in [7, 11) is 0. The highest BCUT2D eigenvalue weighted by Crippen LogP contribution is 2.21. The van der Waals surface area contributed by atoms with Crippen LogP contribution in [0.2, 0.25) is 0 Å². The van der Waals surface area contributed by atoms with Crippen LogP contribution in [0.5, 0.6) is 0 Å². The maximum Gasteiger partial charge on any atom is 0.251 e. The van der Waals surface area contributed by atoms with Crippen LogP contribution < -0.4 is 10.6 Å². The van der Waals surface area contributed by atoms with Crippen LogP contribution in [0.15, 0.2) is 60.7 Å². The minimum Gasteiger partial charge on any atom is -0.352 e. The zero-order valence-electron chi connectivity index (χ0n) is 14.9. The normalized spacial score (nSPS) is 11.8. The molecule has 2 N–H and O–H groups in total. The van der Waals surface area contributed by atoms with Crippen molar-refractivity contribution in [1.82, 2.24) is 10.6 Å². The highest BCUT2D eigenvalue weighted by atomic mass is 16.2. The lowest BCUT2D eigenvalue weighted by molar-refractivity contribution is -0.121. The maximum atomic E-state index is 12.3. The van der Waals surface area contributed by atoms with Gasteiger partial charge in [0.2, 0.25) is 5.91 Å². The number of carbonyl (C=O) groups excluding carboxylic acids is 2. The lowest BCUT2D eigenvalue weighted by Crippen LogP contribution is -2.33. The van der Waals surface area contributed by atoms with Crippen molar-refractivity contribution >= 4 is 11.8 Å². The second-order valence-corrected chi connectivity index (χ2v) is 6.53. The van der Waals surface area contributed by atoms with Crippen molar-refractivity contribution in [2.24, 2.45) is 5.92 Å². The van der Waals surface area contributed by atoms with Gasteiger partial charge in [0.15, 0.2) is 0 Å². The Balaban J connectivity index is 1.84. The molecular formula is C21H26N2O2. The molecule has 0 spiro atoms. The molecule has 1 atom stereocenters. The molecule has 4 nitrogen and oxygen atoms in total. The third kappa shape index (κ3) is 6.42. The van der Waals surface area contributed by atoms with Gasteiger partial charge in [-0.1, -0.05) is 62.4 Å². The number of amides is 2. The van der Waals surface area contributed by atoms with Gasteiger partial charge in [-0.2, -0.15) is 0 Å². The summed E-state index contributed by atoms with van der Waals surface area (Å²) in [6, 6.07) is 19.0. The molecule has 0 saturated carbocycles. The van der Waals surface area contributed by atoms with Crippen LogP contribution in [0.4, 0.5) is 0 Å². The predicted molar refractivity (Wildman–Crippen MR) is 100 cm³/mol. The molecule has 0 bridgehead atoms. The summed E-state index contributed by atoms with van der Waals surface area (Å²) in [5.74, 6) is 0.265. The van der Waals surface area contributed by atoms with Gasteiger partial charge in [0.25, 0.3) is 5.91 Å². The molecule has 1 unspecified atom stereocenters. The molecule has 0 radical (unpaired) electrons. The smallest absolute Gasteiger partial charge is 0.251 e. The molecule has 132 valence electrons.